The number of nitrogens with two attached hydrogens (primary N) is 1. The highest BCUT2D eigenvalue weighted by molar-refractivity contribution is 8.13. The molecule has 0 aliphatic carbocycles. The van der Waals surface area contributed by atoms with E-state index in [0.717, 1.165) is 17.3 Å². The van der Waals surface area contributed by atoms with Gasteiger partial charge in [-0.15, -0.1) is 11.8 Å². The Bertz CT molecular complexity index is 1090. The van der Waals surface area contributed by atoms with Crippen LogP contribution in [0.15, 0.2) is 60.0 Å². The molecule has 0 saturated carbocycles. The van der Waals surface area contributed by atoms with Crippen molar-refractivity contribution in [1.82, 2.24) is 9.99 Å². The van der Waals surface area contributed by atoms with Gasteiger partial charge in [-0.25, -0.2) is 14.6 Å². The summed E-state index contributed by atoms with van der Waals surface area (Å²) in [4.78, 5) is 18.0. The topological polar surface area (TPSA) is 167 Å². The van der Waals surface area contributed by atoms with Gasteiger partial charge in [-0.05, 0) is 25.5 Å². The van der Waals surface area contributed by atoms with Crippen LogP contribution in [0.25, 0.3) is 0 Å². The summed E-state index contributed by atoms with van der Waals surface area (Å²) in [6.45, 7) is 6.80. The van der Waals surface area contributed by atoms with Gasteiger partial charge in [0.15, 0.2) is 5.12 Å². The second kappa shape index (κ2) is 13.6. The number of aliphatic imine (C=N–C) groups is 1. The number of aliphatic hydroxyl groups excluding tert-OH is 3. The summed E-state index contributed by atoms with van der Waals surface area (Å²) in [6, 6.07) is 9.28. The van der Waals surface area contributed by atoms with Crippen LogP contribution in [0.5, 0.6) is 0 Å². The zero-order chi connectivity index (χ0) is 27.9. The SMILES string of the molecule is C=C1N=C(N)C=CN1[C@@H]1S[C@H](COP(=O)(NCc2ccccc2)OCCSC(=O)C(C)(C)CO)[C@@H](O)[C@@H]1O. The van der Waals surface area contributed by atoms with Crippen LogP contribution < -0.4 is 10.8 Å². The van der Waals surface area contributed by atoms with E-state index in [9.17, 15) is 24.7 Å². The zero-order valence-electron chi connectivity index (χ0n) is 21.3. The van der Waals surface area contributed by atoms with Crippen LogP contribution in [0.2, 0.25) is 0 Å². The maximum absolute atomic E-state index is 13.6. The quantitative estimate of drug-likeness (QED) is 0.169. The monoisotopic (exact) mass is 586 g/mol. The van der Waals surface area contributed by atoms with Crippen molar-refractivity contribution < 1.29 is 33.7 Å². The lowest BCUT2D eigenvalue weighted by molar-refractivity contribution is -0.119. The molecule has 0 bridgehead atoms. The Hall–Kier alpha value is -1.67. The third kappa shape index (κ3) is 8.17. The molecule has 0 aromatic heterocycles. The van der Waals surface area contributed by atoms with Crippen LogP contribution in [0.3, 0.4) is 0 Å². The Morgan fingerprint density at radius 2 is 2.00 bits per heavy atom. The fourth-order valence-corrected chi connectivity index (χ4v) is 7.28. The molecule has 1 aromatic carbocycles. The van der Waals surface area contributed by atoms with Crippen molar-refractivity contribution in [2.75, 3.05) is 25.6 Å². The molecule has 5 atom stereocenters. The Morgan fingerprint density at radius 3 is 2.66 bits per heavy atom. The van der Waals surface area contributed by atoms with E-state index in [1.54, 1.807) is 31.0 Å². The average Bonchev–Trinajstić information content (AvgIpc) is 3.18. The first-order valence-electron chi connectivity index (χ1n) is 11.9. The Kier molecular flexibility index (Phi) is 11.0. The van der Waals surface area contributed by atoms with Gasteiger partial charge in [-0.3, -0.25) is 13.8 Å². The second-order valence-electron chi connectivity index (χ2n) is 9.35. The zero-order valence-corrected chi connectivity index (χ0v) is 23.8. The van der Waals surface area contributed by atoms with Gasteiger partial charge in [0.2, 0.25) is 0 Å². The van der Waals surface area contributed by atoms with Crippen LogP contribution in [0, 0.1) is 5.41 Å². The minimum absolute atomic E-state index is 0.0551. The van der Waals surface area contributed by atoms with Gasteiger partial charge in [0.25, 0.3) is 0 Å². The van der Waals surface area contributed by atoms with Crippen LogP contribution in [0.1, 0.15) is 19.4 Å². The minimum Gasteiger partial charge on any atom is -0.395 e. The number of amidine groups is 1. The van der Waals surface area contributed by atoms with E-state index in [4.69, 9.17) is 14.8 Å². The van der Waals surface area contributed by atoms with Crippen LogP contribution in [0.4, 0.5) is 0 Å². The maximum atomic E-state index is 13.6. The van der Waals surface area contributed by atoms with Crippen molar-refractivity contribution >= 4 is 42.2 Å². The number of carbonyl (C=O) groups excluding carboxylic acids is 1. The molecule has 2 aliphatic rings. The number of nitrogens with one attached hydrogen (secondary N) is 1. The molecule has 1 saturated heterocycles. The Labute approximate surface area is 231 Å². The van der Waals surface area contributed by atoms with Crippen LogP contribution in [-0.4, -0.2) is 79.6 Å². The Morgan fingerprint density at radius 1 is 1.29 bits per heavy atom. The first kappa shape index (κ1) is 30.9. The third-order valence-corrected chi connectivity index (χ3v) is 10.1. The molecule has 210 valence electrons. The summed E-state index contributed by atoms with van der Waals surface area (Å²) in [5.74, 6) is 0.814. The molecule has 0 radical (unpaired) electrons. The summed E-state index contributed by atoms with van der Waals surface area (Å²) in [6.07, 6.45) is 0.872. The Balaban J connectivity index is 1.61. The number of thioether (sulfide) groups is 2. The van der Waals surface area contributed by atoms with Crippen molar-refractivity contribution in [1.29, 1.82) is 0 Å². The van der Waals surface area contributed by atoms with Gasteiger partial charge < -0.3 is 26.0 Å². The highest BCUT2D eigenvalue weighted by atomic mass is 32.2. The summed E-state index contributed by atoms with van der Waals surface area (Å²) < 4.78 is 24.9. The van der Waals surface area contributed by atoms with Crippen LogP contribution >= 0.6 is 31.3 Å². The van der Waals surface area contributed by atoms with E-state index in [2.05, 4.69) is 16.7 Å². The van der Waals surface area contributed by atoms with Crippen molar-refractivity contribution in [2.24, 2.45) is 16.1 Å². The minimum atomic E-state index is -3.88. The lowest BCUT2D eigenvalue weighted by Gasteiger charge is -2.30. The fourth-order valence-electron chi connectivity index (χ4n) is 3.45. The van der Waals surface area contributed by atoms with Gasteiger partial charge in [-0.1, -0.05) is 48.7 Å². The van der Waals surface area contributed by atoms with Gasteiger partial charge in [0, 0.05) is 18.5 Å². The molecule has 0 spiro atoms. The fraction of sp³-hybridized carbons (Fsp3) is 0.500. The van der Waals surface area contributed by atoms with Gasteiger partial charge in [-0.2, -0.15) is 0 Å². The second-order valence-corrected chi connectivity index (χ2v) is 13.6. The molecule has 38 heavy (non-hydrogen) atoms. The molecule has 1 aromatic rings. The molecule has 11 nitrogen and oxygen atoms in total. The summed E-state index contributed by atoms with van der Waals surface area (Å²) in [5, 5.41) is 32.1. The van der Waals surface area contributed by atoms with Crippen molar-refractivity contribution in [2.45, 2.75) is 43.2 Å². The standard InChI is InChI=1S/C24H35N4O7PS2/c1-16-27-19(25)9-10-28(16)22-21(31)20(30)18(38-22)14-35-36(33,26-13-17-7-5-4-6-8-17)34-11-12-37-23(32)24(2,3)15-29/h4-10,18,20-22,29-31H,1,11-15H2,2-3H3,(H2,25,27)(H,26,33)/t18-,20-,21+,22-,36?/m1/s1. The average molecular weight is 587 g/mol. The van der Waals surface area contributed by atoms with Crippen LogP contribution in [-0.2, 0) is 25.0 Å². The summed E-state index contributed by atoms with van der Waals surface area (Å²) >= 11 is 2.21. The number of hydrogen-bond donors (Lipinski definition) is 5. The number of carbonyl (C=O) groups is 1. The molecule has 6 N–H and O–H groups in total. The number of nitrogens with zero attached hydrogens (tertiary/aromatic N) is 2. The molecule has 3 rings (SSSR count). The molecule has 2 aliphatic heterocycles. The number of aliphatic hydroxyl groups is 3. The molecular formula is C24H35N4O7PS2. The van der Waals surface area contributed by atoms with E-state index in [-0.39, 0.29) is 43.1 Å². The third-order valence-electron chi connectivity index (χ3n) is 5.83. The first-order valence-corrected chi connectivity index (χ1v) is 15.4. The van der Waals surface area contributed by atoms with E-state index < -0.39 is 36.0 Å². The van der Waals surface area contributed by atoms with Crippen molar-refractivity contribution in [3.8, 4) is 0 Å². The van der Waals surface area contributed by atoms with E-state index >= 15 is 0 Å². The van der Waals surface area contributed by atoms with Crippen molar-refractivity contribution in [3.05, 3.63) is 60.6 Å². The number of rotatable bonds is 13. The molecule has 0 amide bonds. The van der Waals surface area contributed by atoms with Gasteiger partial charge >= 0.3 is 7.75 Å². The predicted octanol–water partition coefficient (Wildman–Crippen LogP) is 2.02. The molecule has 1 fully saturated rings. The number of hydrogen-bond acceptors (Lipinski definition) is 12. The first-order chi connectivity index (χ1) is 18.0. The normalized spacial score (nSPS) is 25.3. The van der Waals surface area contributed by atoms with Gasteiger partial charge in [0.1, 0.15) is 23.1 Å². The van der Waals surface area contributed by atoms with E-state index in [1.807, 2.05) is 30.3 Å². The number of benzene rings is 1. The molecule has 14 heteroatoms. The van der Waals surface area contributed by atoms with E-state index in [0.29, 0.717) is 5.82 Å². The molecule has 2 heterocycles. The smallest absolute Gasteiger partial charge is 0.395 e. The predicted molar refractivity (Wildman–Crippen MR) is 150 cm³/mol. The summed E-state index contributed by atoms with van der Waals surface area (Å²) in [5.41, 5.74) is 5.65. The maximum Gasteiger partial charge on any atom is 0.405 e. The lowest BCUT2D eigenvalue weighted by atomic mass is 9.97. The van der Waals surface area contributed by atoms with E-state index in [1.165, 1.54) is 11.8 Å². The highest BCUT2D eigenvalue weighted by Gasteiger charge is 2.46. The van der Waals surface area contributed by atoms with Gasteiger partial charge in [0.05, 0.1) is 36.6 Å². The summed E-state index contributed by atoms with van der Waals surface area (Å²) in [7, 11) is -3.88. The lowest BCUT2D eigenvalue weighted by Crippen LogP contribution is -2.41. The largest absolute Gasteiger partial charge is 0.405 e. The molecular weight excluding hydrogens is 551 g/mol. The molecule has 1 unspecified atom stereocenters. The highest BCUT2D eigenvalue weighted by Crippen LogP contribution is 2.47. The van der Waals surface area contributed by atoms with Crippen molar-refractivity contribution in [3.63, 3.8) is 0 Å².